The highest BCUT2D eigenvalue weighted by molar-refractivity contribution is 6.27. The van der Waals surface area contributed by atoms with E-state index in [0.717, 1.165) is 17.4 Å². The van der Waals surface area contributed by atoms with Gasteiger partial charge in [0, 0.05) is 6.20 Å². The third-order valence-electron chi connectivity index (χ3n) is 3.07. The first-order valence-corrected chi connectivity index (χ1v) is 7.10. The fourth-order valence-corrected chi connectivity index (χ4v) is 2.16. The summed E-state index contributed by atoms with van der Waals surface area (Å²) in [5.74, 6) is -0.367. The van der Waals surface area contributed by atoms with Crippen molar-refractivity contribution in [3.63, 3.8) is 0 Å². The largest absolute Gasteiger partial charge is 0.435 e. The lowest BCUT2D eigenvalue weighted by molar-refractivity contribution is 0.102. The number of aromatic nitrogens is 2. The van der Waals surface area contributed by atoms with E-state index in [1.165, 1.54) is 12.1 Å². The minimum atomic E-state index is -0.467. The van der Waals surface area contributed by atoms with Gasteiger partial charge in [-0.3, -0.25) is 4.79 Å². The molecule has 116 valence electrons. The zero-order valence-electron chi connectivity index (χ0n) is 11.8. The van der Waals surface area contributed by atoms with Crippen molar-refractivity contribution in [3.8, 4) is 0 Å². The third-order valence-corrected chi connectivity index (χ3v) is 3.25. The molecule has 2 heterocycles. The molecule has 0 saturated heterocycles. The second-order valence-corrected chi connectivity index (χ2v) is 5.12. The molecule has 3 rings (SSSR count). The summed E-state index contributed by atoms with van der Waals surface area (Å²) in [6, 6.07) is 9.85. The van der Waals surface area contributed by atoms with E-state index in [1.54, 1.807) is 18.3 Å². The van der Waals surface area contributed by atoms with Gasteiger partial charge in [-0.2, -0.15) is 4.98 Å². The average Bonchev–Trinajstić information content (AvgIpc) is 2.96. The number of nitrogens with one attached hydrogen (secondary N) is 1. The van der Waals surface area contributed by atoms with Gasteiger partial charge in [-0.25, -0.2) is 9.37 Å². The Labute approximate surface area is 136 Å². The van der Waals surface area contributed by atoms with Gasteiger partial charge < -0.3 is 9.73 Å². The quantitative estimate of drug-likeness (QED) is 0.791. The van der Waals surface area contributed by atoms with Crippen molar-refractivity contribution in [1.29, 1.82) is 0 Å². The lowest BCUT2D eigenvalue weighted by Crippen LogP contribution is -2.13. The highest BCUT2D eigenvalue weighted by atomic mass is 35.5. The van der Waals surface area contributed by atoms with Crippen LogP contribution in [0.25, 0.3) is 0 Å². The molecule has 1 N–H and O–H groups in total. The van der Waals surface area contributed by atoms with Crippen molar-refractivity contribution < 1.29 is 13.6 Å². The van der Waals surface area contributed by atoms with Crippen LogP contribution in [0.4, 0.5) is 10.2 Å². The van der Waals surface area contributed by atoms with Crippen molar-refractivity contribution in [1.82, 2.24) is 9.97 Å². The second-order valence-electron chi connectivity index (χ2n) is 4.80. The molecule has 0 unspecified atom stereocenters. The molecular formula is C16H11ClFN3O2. The molecule has 0 saturated carbocycles. The SMILES string of the molecule is O=C(Nc1ccc(Cc2cccc(F)c2)cn1)c1coc(Cl)n1. The highest BCUT2D eigenvalue weighted by Crippen LogP contribution is 2.13. The molecule has 5 nitrogen and oxygen atoms in total. The summed E-state index contributed by atoms with van der Waals surface area (Å²) in [4.78, 5) is 19.7. The standard InChI is InChI=1S/C16H11ClFN3O2/c17-16-20-13(9-23-16)15(22)21-14-5-4-11(8-19-14)6-10-2-1-3-12(18)7-10/h1-5,7-9H,6H2,(H,19,21,22). The van der Waals surface area contributed by atoms with Crippen LogP contribution >= 0.6 is 11.6 Å². The number of pyridine rings is 1. The normalized spacial score (nSPS) is 10.5. The maximum Gasteiger partial charge on any atom is 0.292 e. The van der Waals surface area contributed by atoms with Gasteiger partial charge in [0.1, 0.15) is 17.9 Å². The molecule has 2 aromatic heterocycles. The van der Waals surface area contributed by atoms with Crippen LogP contribution in [-0.2, 0) is 6.42 Å². The van der Waals surface area contributed by atoms with Crippen LogP contribution in [0.5, 0.6) is 0 Å². The first kappa shape index (κ1) is 15.2. The Morgan fingerprint density at radius 3 is 2.78 bits per heavy atom. The molecule has 3 aromatic rings. The number of carbonyl (C=O) groups excluding carboxylic acids is 1. The van der Waals surface area contributed by atoms with Gasteiger partial charge in [-0.05, 0) is 47.3 Å². The summed E-state index contributed by atoms with van der Waals surface area (Å²) in [7, 11) is 0. The van der Waals surface area contributed by atoms with Gasteiger partial charge >= 0.3 is 0 Å². The number of anilines is 1. The van der Waals surface area contributed by atoms with Crippen LogP contribution in [0.1, 0.15) is 21.6 Å². The van der Waals surface area contributed by atoms with E-state index in [-0.39, 0.29) is 16.9 Å². The molecule has 0 bridgehead atoms. The van der Waals surface area contributed by atoms with Gasteiger partial charge in [-0.15, -0.1) is 0 Å². The summed E-state index contributed by atoms with van der Waals surface area (Å²) in [6.07, 6.45) is 3.34. The fraction of sp³-hybridized carbons (Fsp3) is 0.0625. The molecule has 0 spiro atoms. The summed E-state index contributed by atoms with van der Waals surface area (Å²) >= 11 is 5.52. The minimum absolute atomic E-state index is 0.0700. The van der Waals surface area contributed by atoms with E-state index in [2.05, 4.69) is 15.3 Å². The lowest BCUT2D eigenvalue weighted by Gasteiger charge is -2.05. The van der Waals surface area contributed by atoms with Crippen molar-refractivity contribution in [2.45, 2.75) is 6.42 Å². The van der Waals surface area contributed by atoms with Crippen molar-refractivity contribution in [2.75, 3.05) is 5.32 Å². The predicted molar refractivity (Wildman–Crippen MR) is 82.9 cm³/mol. The number of hydrogen-bond acceptors (Lipinski definition) is 4. The van der Waals surface area contributed by atoms with Crippen molar-refractivity contribution in [3.05, 3.63) is 76.8 Å². The van der Waals surface area contributed by atoms with E-state index in [4.69, 9.17) is 16.0 Å². The van der Waals surface area contributed by atoms with Crippen LogP contribution in [0.2, 0.25) is 5.35 Å². The Hall–Kier alpha value is -2.73. The number of hydrogen-bond donors (Lipinski definition) is 1. The summed E-state index contributed by atoms with van der Waals surface area (Å²) in [6.45, 7) is 0. The lowest BCUT2D eigenvalue weighted by atomic mass is 10.1. The van der Waals surface area contributed by atoms with Crippen LogP contribution in [0, 0.1) is 5.82 Å². The number of halogens is 2. The minimum Gasteiger partial charge on any atom is -0.435 e. The van der Waals surface area contributed by atoms with Crippen LogP contribution in [0.15, 0.2) is 53.3 Å². The van der Waals surface area contributed by atoms with Crippen LogP contribution in [0.3, 0.4) is 0 Å². The molecule has 1 aromatic carbocycles. The van der Waals surface area contributed by atoms with Gasteiger partial charge in [0.15, 0.2) is 5.69 Å². The second kappa shape index (κ2) is 6.58. The Balaban J connectivity index is 1.66. The summed E-state index contributed by atoms with van der Waals surface area (Å²) in [5.41, 5.74) is 1.82. The molecule has 23 heavy (non-hydrogen) atoms. The molecule has 0 fully saturated rings. The molecule has 0 radical (unpaired) electrons. The van der Waals surface area contributed by atoms with Crippen LogP contribution < -0.4 is 5.32 Å². The molecule has 7 heteroatoms. The molecule has 0 aliphatic carbocycles. The number of oxazole rings is 1. The van der Waals surface area contributed by atoms with Gasteiger partial charge in [-0.1, -0.05) is 18.2 Å². The number of benzene rings is 1. The van der Waals surface area contributed by atoms with Crippen LogP contribution in [-0.4, -0.2) is 15.9 Å². The zero-order valence-corrected chi connectivity index (χ0v) is 12.5. The average molecular weight is 332 g/mol. The summed E-state index contributed by atoms with van der Waals surface area (Å²) < 4.78 is 17.9. The number of carbonyl (C=O) groups is 1. The Kier molecular flexibility index (Phi) is 4.34. The number of nitrogens with zero attached hydrogens (tertiary/aromatic N) is 2. The Morgan fingerprint density at radius 2 is 2.13 bits per heavy atom. The molecule has 1 amide bonds. The van der Waals surface area contributed by atoms with Gasteiger partial charge in [0.25, 0.3) is 11.3 Å². The predicted octanol–water partition coefficient (Wildman–Crippen LogP) is 3.71. The van der Waals surface area contributed by atoms with E-state index in [0.29, 0.717) is 12.2 Å². The molecule has 0 aliphatic rings. The van der Waals surface area contributed by atoms with Gasteiger partial charge in [0.05, 0.1) is 0 Å². The smallest absolute Gasteiger partial charge is 0.292 e. The molecule has 0 atom stereocenters. The third kappa shape index (κ3) is 3.92. The maximum absolute atomic E-state index is 13.2. The van der Waals surface area contributed by atoms with E-state index >= 15 is 0 Å². The van der Waals surface area contributed by atoms with Crippen molar-refractivity contribution >= 4 is 23.3 Å². The zero-order chi connectivity index (χ0) is 16.2. The Bertz CT molecular complexity index is 833. The number of rotatable bonds is 4. The topological polar surface area (TPSA) is 68.0 Å². The first-order chi connectivity index (χ1) is 11.1. The summed E-state index contributed by atoms with van der Waals surface area (Å²) in [5, 5.41) is 2.48. The van der Waals surface area contributed by atoms with Crippen molar-refractivity contribution in [2.24, 2.45) is 0 Å². The molecular weight excluding hydrogens is 321 g/mol. The highest BCUT2D eigenvalue weighted by Gasteiger charge is 2.12. The van der Waals surface area contributed by atoms with E-state index in [1.807, 2.05) is 12.1 Å². The first-order valence-electron chi connectivity index (χ1n) is 6.72. The van der Waals surface area contributed by atoms with Gasteiger partial charge in [0.2, 0.25) is 0 Å². The Morgan fingerprint density at radius 1 is 1.26 bits per heavy atom. The maximum atomic E-state index is 13.2. The van der Waals surface area contributed by atoms with E-state index < -0.39 is 5.91 Å². The van der Waals surface area contributed by atoms with E-state index in [9.17, 15) is 9.18 Å². The molecule has 0 aliphatic heterocycles. The fourth-order valence-electron chi connectivity index (χ4n) is 2.02. The monoisotopic (exact) mass is 331 g/mol. The number of amides is 1.